The minimum Gasteiger partial charge on any atom is -0.329 e. The van der Waals surface area contributed by atoms with Crippen LogP contribution in [0.15, 0.2) is 83.0 Å². The van der Waals surface area contributed by atoms with Crippen molar-refractivity contribution < 1.29 is 0 Å². The van der Waals surface area contributed by atoms with Crippen molar-refractivity contribution in [2.75, 3.05) is 0 Å². The normalized spacial score (nSPS) is 13.9. The molecule has 4 heteroatoms. The van der Waals surface area contributed by atoms with Gasteiger partial charge in [-0.15, -0.1) is 0 Å². The predicted molar refractivity (Wildman–Crippen MR) is 95.7 cm³/mol. The summed E-state index contributed by atoms with van der Waals surface area (Å²) in [5, 5.41) is 0. The van der Waals surface area contributed by atoms with Gasteiger partial charge in [-0.3, -0.25) is 14.8 Å². The van der Waals surface area contributed by atoms with Gasteiger partial charge in [-0.1, -0.05) is 30.3 Å². The molecule has 0 saturated carbocycles. The Bertz CT molecular complexity index is 966. The van der Waals surface area contributed by atoms with Crippen LogP contribution in [0.5, 0.6) is 0 Å². The van der Waals surface area contributed by atoms with Crippen LogP contribution < -0.4 is 5.56 Å². The molecule has 1 N–H and O–H groups in total. The minimum absolute atomic E-state index is 0.105. The Morgan fingerprint density at radius 2 is 1.62 bits per heavy atom. The van der Waals surface area contributed by atoms with Gasteiger partial charge in [0.15, 0.2) is 0 Å². The first-order valence-electron chi connectivity index (χ1n) is 7.77. The van der Waals surface area contributed by atoms with E-state index in [1.807, 2.05) is 36.4 Å². The molecule has 3 heterocycles. The van der Waals surface area contributed by atoms with E-state index in [4.69, 9.17) is 4.99 Å². The number of aromatic nitrogens is 2. The zero-order valence-corrected chi connectivity index (χ0v) is 12.9. The number of aromatic amines is 1. The molecule has 0 atom stereocenters. The third-order valence-electron chi connectivity index (χ3n) is 4.07. The lowest BCUT2D eigenvalue weighted by Crippen LogP contribution is -2.03. The Hall–Kier alpha value is -3.27. The van der Waals surface area contributed by atoms with Crippen molar-refractivity contribution in [3.05, 3.63) is 100 Å². The second-order valence-electron chi connectivity index (χ2n) is 5.61. The molecular formula is C20H15N3O. The predicted octanol–water partition coefficient (Wildman–Crippen LogP) is 3.53. The lowest BCUT2D eigenvalue weighted by Gasteiger charge is -2.06. The van der Waals surface area contributed by atoms with Crippen LogP contribution in [-0.2, 0) is 0 Å². The molecule has 3 aromatic rings. The number of nitrogens with zero attached hydrogens (tertiary/aromatic N) is 2. The minimum atomic E-state index is -0.105. The average molecular weight is 313 g/mol. The fraction of sp³-hybridized carbons (Fsp3) is 0.0500. The Kier molecular flexibility index (Phi) is 3.63. The molecule has 1 aliphatic heterocycles. The van der Waals surface area contributed by atoms with Gasteiger partial charge in [-0.2, -0.15) is 0 Å². The molecule has 0 radical (unpaired) electrons. The van der Waals surface area contributed by atoms with E-state index in [2.05, 4.69) is 22.1 Å². The first-order chi connectivity index (χ1) is 11.8. The molecular weight excluding hydrogens is 298 g/mol. The Morgan fingerprint density at radius 3 is 2.33 bits per heavy atom. The van der Waals surface area contributed by atoms with Crippen molar-refractivity contribution in [3.63, 3.8) is 0 Å². The Balaban J connectivity index is 1.83. The third-order valence-corrected chi connectivity index (χ3v) is 4.07. The molecule has 116 valence electrons. The fourth-order valence-corrected chi connectivity index (χ4v) is 2.88. The highest BCUT2D eigenvalue weighted by Crippen LogP contribution is 2.36. The number of hydrogen-bond acceptors (Lipinski definition) is 3. The number of allylic oxidation sites excluding steroid dienone is 1. The number of rotatable bonds is 3. The molecule has 0 aliphatic carbocycles. The summed E-state index contributed by atoms with van der Waals surface area (Å²) in [7, 11) is 0. The average Bonchev–Trinajstić information content (AvgIpc) is 3.09. The molecule has 0 unspecified atom stereocenters. The maximum absolute atomic E-state index is 11.4. The van der Waals surface area contributed by atoms with E-state index in [1.165, 1.54) is 0 Å². The number of aliphatic imine (C=N–C) groups is 1. The first-order valence-corrected chi connectivity index (χ1v) is 7.77. The third kappa shape index (κ3) is 2.70. The smallest absolute Gasteiger partial charge is 0.247 e. The monoisotopic (exact) mass is 313 g/mol. The van der Waals surface area contributed by atoms with Crippen LogP contribution in [0.3, 0.4) is 0 Å². The van der Waals surface area contributed by atoms with Gasteiger partial charge in [0.2, 0.25) is 5.56 Å². The highest BCUT2D eigenvalue weighted by atomic mass is 16.1. The van der Waals surface area contributed by atoms with Gasteiger partial charge in [0.1, 0.15) is 0 Å². The molecule has 4 rings (SSSR count). The summed E-state index contributed by atoms with van der Waals surface area (Å²) in [4.78, 5) is 23.1. The molecule has 0 amide bonds. The molecule has 4 nitrogen and oxygen atoms in total. The van der Waals surface area contributed by atoms with Crippen LogP contribution in [0.4, 0.5) is 0 Å². The van der Waals surface area contributed by atoms with Gasteiger partial charge < -0.3 is 4.98 Å². The van der Waals surface area contributed by atoms with Gasteiger partial charge in [0.25, 0.3) is 0 Å². The number of H-pyrrole nitrogens is 1. The van der Waals surface area contributed by atoms with E-state index in [-0.39, 0.29) is 5.56 Å². The van der Waals surface area contributed by atoms with Gasteiger partial charge in [-0.05, 0) is 34.9 Å². The summed E-state index contributed by atoms with van der Waals surface area (Å²) in [5.74, 6) is 0. The van der Waals surface area contributed by atoms with Crippen molar-refractivity contribution in [3.8, 4) is 0 Å². The van der Waals surface area contributed by atoms with E-state index in [9.17, 15) is 4.79 Å². The molecule has 2 aromatic heterocycles. The molecule has 24 heavy (non-hydrogen) atoms. The molecule has 0 saturated heterocycles. The lowest BCUT2D eigenvalue weighted by atomic mass is 9.97. The zero-order valence-electron chi connectivity index (χ0n) is 12.9. The van der Waals surface area contributed by atoms with Crippen LogP contribution in [0.2, 0.25) is 0 Å². The number of pyridine rings is 2. The van der Waals surface area contributed by atoms with Gasteiger partial charge >= 0.3 is 0 Å². The van der Waals surface area contributed by atoms with Crippen molar-refractivity contribution in [2.24, 2.45) is 4.99 Å². The summed E-state index contributed by atoms with van der Waals surface area (Å²) in [6.45, 7) is 0. The number of nitrogens with one attached hydrogen (secondary N) is 1. The van der Waals surface area contributed by atoms with Crippen LogP contribution in [0, 0.1) is 0 Å². The maximum atomic E-state index is 11.4. The summed E-state index contributed by atoms with van der Waals surface area (Å²) < 4.78 is 0. The van der Waals surface area contributed by atoms with Crippen molar-refractivity contribution in [2.45, 2.75) is 6.42 Å². The summed E-state index contributed by atoms with van der Waals surface area (Å²) in [5.41, 5.74) is 6.09. The van der Waals surface area contributed by atoms with Crippen LogP contribution in [0.25, 0.3) is 11.3 Å². The quantitative estimate of drug-likeness (QED) is 0.804. The molecule has 1 aromatic carbocycles. The lowest BCUT2D eigenvalue weighted by molar-refractivity contribution is 1.22. The highest BCUT2D eigenvalue weighted by Gasteiger charge is 2.21. The van der Waals surface area contributed by atoms with Gasteiger partial charge in [0.05, 0.1) is 11.4 Å². The fourth-order valence-electron chi connectivity index (χ4n) is 2.88. The highest BCUT2D eigenvalue weighted by molar-refractivity contribution is 6.16. The molecule has 0 bridgehead atoms. The summed E-state index contributed by atoms with van der Waals surface area (Å²) in [6.07, 6.45) is 6.02. The second kappa shape index (κ2) is 6.08. The Morgan fingerprint density at radius 1 is 0.833 bits per heavy atom. The molecule has 0 fully saturated rings. The van der Waals surface area contributed by atoms with E-state index >= 15 is 0 Å². The zero-order chi connectivity index (χ0) is 16.4. The topological polar surface area (TPSA) is 58.1 Å². The maximum Gasteiger partial charge on any atom is 0.247 e. The van der Waals surface area contributed by atoms with E-state index < -0.39 is 0 Å². The van der Waals surface area contributed by atoms with Crippen molar-refractivity contribution in [1.29, 1.82) is 0 Å². The van der Waals surface area contributed by atoms with E-state index in [1.54, 1.807) is 24.7 Å². The van der Waals surface area contributed by atoms with Gasteiger partial charge in [0, 0.05) is 36.6 Å². The SMILES string of the molecule is O=c1ccc(C2=C(c3ccncc3)N=C(c3ccccc3)C2)c[nH]1. The van der Waals surface area contributed by atoms with Crippen LogP contribution >= 0.6 is 0 Å². The molecule has 0 spiro atoms. The van der Waals surface area contributed by atoms with E-state index in [0.717, 1.165) is 40.1 Å². The van der Waals surface area contributed by atoms with Gasteiger partial charge in [-0.25, -0.2) is 0 Å². The van der Waals surface area contributed by atoms with Crippen molar-refractivity contribution >= 4 is 17.0 Å². The summed E-state index contributed by atoms with van der Waals surface area (Å²) in [6, 6.07) is 17.5. The summed E-state index contributed by atoms with van der Waals surface area (Å²) >= 11 is 0. The number of benzene rings is 1. The van der Waals surface area contributed by atoms with Crippen LogP contribution in [0.1, 0.15) is 23.1 Å². The Labute approximate surface area is 139 Å². The molecule has 1 aliphatic rings. The first kappa shape index (κ1) is 14.3. The van der Waals surface area contributed by atoms with E-state index in [0.29, 0.717) is 0 Å². The number of hydrogen-bond donors (Lipinski definition) is 1. The van der Waals surface area contributed by atoms with Crippen molar-refractivity contribution in [1.82, 2.24) is 9.97 Å². The largest absolute Gasteiger partial charge is 0.329 e. The van der Waals surface area contributed by atoms with Crippen LogP contribution in [-0.4, -0.2) is 15.7 Å². The second-order valence-corrected chi connectivity index (χ2v) is 5.61. The standard InChI is InChI=1S/C20H15N3O/c24-19-7-6-16(13-22-19)17-12-18(14-4-2-1-3-5-14)23-20(17)15-8-10-21-11-9-15/h1-11,13H,12H2,(H,22,24).